The number of piperidine rings is 1. The van der Waals surface area contributed by atoms with Crippen LogP contribution < -0.4 is 5.76 Å². The van der Waals surface area contributed by atoms with Crippen LogP contribution in [0, 0.1) is 0 Å². The van der Waals surface area contributed by atoms with Crippen molar-refractivity contribution in [2.24, 2.45) is 0 Å². The third kappa shape index (κ3) is 3.66. The van der Waals surface area contributed by atoms with Gasteiger partial charge in [-0.05, 0) is 12.8 Å². The molecule has 1 N–H and O–H groups in total. The van der Waals surface area contributed by atoms with Gasteiger partial charge in [0.2, 0.25) is 0 Å². The third-order valence-corrected chi connectivity index (χ3v) is 3.85. The largest absolute Gasteiger partial charge is 0.438 e. The zero-order chi connectivity index (χ0) is 17.3. The van der Waals surface area contributed by atoms with E-state index < -0.39 is 18.5 Å². The molecule has 2 aromatic rings. The van der Waals surface area contributed by atoms with Crippen molar-refractivity contribution >= 4 is 5.91 Å². The molecule has 1 fully saturated rings. The van der Waals surface area contributed by atoms with Gasteiger partial charge in [0, 0.05) is 25.2 Å². The Hall–Kier alpha value is -2.59. The SMILES string of the molecule is O=C(c1cnn(CC(F)(F)F)c1)N1CCC(c2noc(=O)[nH]2)CC1. The number of H-pyrrole nitrogens is 1. The van der Waals surface area contributed by atoms with Crippen LogP contribution in [0.15, 0.2) is 21.7 Å². The van der Waals surface area contributed by atoms with Gasteiger partial charge < -0.3 is 4.90 Å². The number of halogens is 3. The Morgan fingerprint density at radius 2 is 2.08 bits per heavy atom. The molecule has 0 atom stereocenters. The van der Waals surface area contributed by atoms with Gasteiger partial charge in [0.15, 0.2) is 5.82 Å². The van der Waals surface area contributed by atoms with Crippen LogP contribution in [0.3, 0.4) is 0 Å². The fourth-order valence-corrected chi connectivity index (χ4v) is 2.70. The molecule has 1 aliphatic rings. The standard InChI is InChI=1S/C13H14F3N5O3/c14-13(15,16)7-21-6-9(5-17-21)11(22)20-3-1-8(2-4-20)10-18-12(23)24-19-10/h5-6,8H,1-4,7H2,(H,18,19,23). The van der Waals surface area contributed by atoms with Gasteiger partial charge in [-0.15, -0.1) is 0 Å². The number of rotatable bonds is 3. The van der Waals surface area contributed by atoms with Crippen molar-refractivity contribution in [3.8, 4) is 0 Å². The molecule has 3 heterocycles. The average Bonchev–Trinajstić information content (AvgIpc) is 3.14. The van der Waals surface area contributed by atoms with Crippen molar-refractivity contribution in [1.29, 1.82) is 0 Å². The van der Waals surface area contributed by atoms with Gasteiger partial charge in [-0.1, -0.05) is 5.16 Å². The summed E-state index contributed by atoms with van der Waals surface area (Å²) in [5.41, 5.74) is 0.118. The van der Waals surface area contributed by atoms with Gasteiger partial charge >= 0.3 is 11.9 Å². The summed E-state index contributed by atoms with van der Waals surface area (Å²) in [6, 6.07) is 0. The number of aromatic amines is 1. The average molecular weight is 345 g/mol. The van der Waals surface area contributed by atoms with Crippen LogP contribution in [0.2, 0.25) is 0 Å². The van der Waals surface area contributed by atoms with Crippen molar-refractivity contribution in [2.75, 3.05) is 13.1 Å². The van der Waals surface area contributed by atoms with E-state index in [2.05, 4.69) is 19.8 Å². The second-order valence-corrected chi connectivity index (χ2v) is 5.59. The summed E-state index contributed by atoms with van der Waals surface area (Å²) in [6.45, 7) is -0.423. The normalized spacial score (nSPS) is 16.5. The summed E-state index contributed by atoms with van der Waals surface area (Å²) in [5.74, 6) is -0.561. The van der Waals surface area contributed by atoms with Crippen molar-refractivity contribution in [3.63, 3.8) is 0 Å². The van der Waals surface area contributed by atoms with Gasteiger partial charge in [0.1, 0.15) is 6.54 Å². The first-order valence-electron chi connectivity index (χ1n) is 7.26. The number of carbonyl (C=O) groups excluding carboxylic acids is 1. The summed E-state index contributed by atoms with van der Waals surface area (Å²) < 4.78 is 42.1. The van der Waals surface area contributed by atoms with Gasteiger partial charge in [0.05, 0.1) is 11.8 Å². The fourth-order valence-electron chi connectivity index (χ4n) is 2.70. The Morgan fingerprint density at radius 3 is 2.67 bits per heavy atom. The molecule has 2 aromatic heterocycles. The number of amides is 1. The Balaban J connectivity index is 1.60. The summed E-state index contributed by atoms with van der Waals surface area (Å²) in [5, 5.41) is 7.21. The van der Waals surface area contributed by atoms with E-state index in [1.54, 1.807) is 4.90 Å². The number of likely N-dealkylation sites (tertiary alicyclic amines) is 1. The van der Waals surface area contributed by atoms with Crippen molar-refractivity contribution in [1.82, 2.24) is 24.8 Å². The van der Waals surface area contributed by atoms with E-state index in [-0.39, 0.29) is 17.4 Å². The summed E-state index contributed by atoms with van der Waals surface area (Å²) in [7, 11) is 0. The number of alkyl halides is 3. The number of hydrogen-bond acceptors (Lipinski definition) is 5. The topological polar surface area (TPSA) is 97.0 Å². The minimum Gasteiger partial charge on any atom is -0.339 e. The lowest BCUT2D eigenvalue weighted by molar-refractivity contribution is -0.142. The molecular formula is C13H14F3N5O3. The van der Waals surface area contributed by atoms with Gasteiger partial charge in [-0.25, -0.2) is 4.79 Å². The maximum atomic E-state index is 12.3. The molecule has 0 saturated carbocycles. The molecule has 1 saturated heterocycles. The van der Waals surface area contributed by atoms with E-state index in [0.29, 0.717) is 36.4 Å². The second kappa shape index (κ2) is 6.13. The number of aromatic nitrogens is 4. The number of nitrogens with one attached hydrogen (secondary N) is 1. The zero-order valence-electron chi connectivity index (χ0n) is 12.4. The van der Waals surface area contributed by atoms with Gasteiger partial charge in [0.25, 0.3) is 5.91 Å². The fraction of sp³-hybridized carbons (Fsp3) is 0.538. The molecule has 3 rings (SSSR count). The van der Waals surface area contributed by atoms with Crippen LogP contribution in [0.5, 0.6) is 0 Å². The molecule has 0 bridgehead atoms. The van der Waals surface area contributed by atoms with E-state index in [0.717, 1.165) is 12.4 Å². The van der Waals surface area contributed by atoms with Crippen molar-refractivity contribution in [3.05, 3.63) is 34.3 Å². The van der Waals surface area contributed by atoms with Gasteiger partial charge in [-0.2, -0.15) is 18.3 Å². The van der Waals surface area contributed by atoms with Crippen molar-refractivity contribution in [2.45, 2.75) is 31.5 Å². The van der Waals surface area contributed by atoms with E-state index in [9.17, 15) is 22.8 Å². The van der Waals surface area contributed by atoms with Gasteiger partial charge in [-0.3, -0.25) is 19.0 Å². The highest BCUT2D eigenvalue weighted by atomic mass is 19.4. The molecule has 24 heavy (non-hydrogen) atoms. The molecule has 8 nitrogen and oxygen atoms in total. The maximum absolute atomic E-state index is 12.3. The highest BCUT2D eigenvalue weighted by Crippen LogP contribution is 2.26. The van der Waals surface area contributed by atoms with E-state index >= 15 is 0 Å². The Kier molecular flexibility index (Phi) is 4.16. The summed E-state index contributed by atoms with van der Waals surface area (Å²) in [4.78, 5) is 27.3. The molecule has 0 spiro atoms. The first kappa shape index (κ1) is 16.3. The third-order valence-electron chi connectivity index (χ3n) is 3.85. The number of nitrogens with zero attached hydrogens (tertiary/aromatic N) is 4. The molecular weight excluding hydrogens is 331 g/mol. The van der Waals surface area contributed by atoms with Crippen LogP contribution in [0.25, 0.3) is 0 Å². The Morgan fingerprint density at radius 1 is 1.38 bits per heavy atom. The van der Waals surface area contributed by atoms with E-state index in [1.165, 1.54) is 0 Å². The minimum atomic E-state index is -4.39. The van der Waals surface area contributed by atoms with Crippen LogP contribution in [-0.2, 0) is 6.54 Å². The molecule has 1 aliphatic heterocycles. The first-order chi connectivity index (χ1) is 11.3. The lowest BCUT2D eigenvalue weighted by Crippen LogP contribution is -2.38. The molecule has 0 radical (unpaired) electrons. The van der Waals surface area contributed by atoms with Crippen molar-refractivity contribution < 1.29 is 22.5 Å². The smallest absolute Gasteiger partial charge is 0.339 e. The molecule has 0 unspecified atom stereocenters. The van der Waals surface area contributed by atoms with Crippen LogP contribution >= 0.6 is 0 Å². The zero-order valence-corrected chi connectivity index (χ0v) is 12.4. The second-order valence-electron chi connectivity index (χ2n) is 5.59. The molecule has 0 aliphatic carbocycles. The number of carbonyl (C=O) groups is 1. The molecule has 0 aromatic carbocycles. The van der Waals surface area contributed by atoms with E-state index in [4.69, 9.17) is 0 Å². The highest BCUT2D eigenvalue weighted by Gasteiger charge is 2.30. The molecule has 11 heteroatoms. The predicted molar refractivity (Wildman–Crippen MR) is 73.3 cm³/mol. The summed E-state index contributed by atoms with van der Waals surface area (Å²) in [6.07, 6.45) is -1.01. The highest BCUT2D eigenvalue weighted by molar-refractivity contribution is 5.93. The van der Waals surface area contributed by atoms with Crippen LogP contribution in [-0.4, -0.2) is 50.0 Å². The monoisotopic (exact) mass is 345 g/mol. The summed E-state index contributed by atoms with van der Waals surface area (Å²) >= 11 is 0. The van der Waals surface area contributed by atoms with Crippen LogP contribution in [0.1, 0.15) is 34.9 Å². The molecule has 1 amide bonds. The van der Waals surface area contributed by atoms with Crippen LogP contribution in [0.4, 0.5) is 13.2 Å². The minimum absolute atomic E-state index is 0.0200. The molecule has 130 valence electrons. The lowest BCUT2D eigenvalue weighted by Gasteiger charge is -2.30. The Labute approximate surface area is 133 Å². The first-order valence-corrected chi connectivity index (χ1v) is 7.26. The number of hydrogen-bond donors (Lipinski definition) is 1. The predicted octanol–water partition coefficient (Wildman–Crippen LogP) is 1.14. The maximum Gasteiger partial charge on any atom is 0.438 e. The Bertz CT molecular complexity index is 770. The van der Waals surface area contributed by atoms with E-state index in [1.807, 2.05) is 0 Å². The lowest BCUT2D eigenvalue weighted by atomic mass is 9.96. The quantitative estimate of drug-likeness (QED) is 0.900.